The molecule has 1 heterocycles. The summed E-state index contributed by atoms with van der Waals surface area (Å²) in [5, 5.41) is 1.06. The maximum atomic E-state index is 5.23. The number of halogens is 1. The third kappa shape index (κ3) is 2.19. The van der Waals surface area contributed by atoms with Crippen molar-refractivity contribution in [3.05, 3.63) is 30.0 Å². The van der Waals surface area contributed by atoms with Gasteiger partial charge in [-0.25, -0.2) is 0 Å². The minimum absolute atomic E-state index is 0. The van der Waals surface area contributed by atoms with Crippen LogP contribution in [0.3, 0.4) is 0 Å². The Hall–Kier alpha value is -1.48. The molecular formula is C12H14ClNO2. The molecule has 0 N–H and O–H groups in total. The molecule has 0 saturated carbocycles. The number of hydrogen-bond acceptors (Lipinski definition) is 3. The van der Waals surface area contributed by atoms with E-state index in [1.54, 1.807) is 14.2 Å². The molecule has 2 aromatic rings. The molecule has 0 aliphatic heterocycles. The number of ether oxygens (including phenoxy) is 2. The van der Waals surface area contributed by atoms with Crippen LogP contribution in [0.4, 0.5) is 0 Å². The summed E-state index contributed by atoms with van der Waals surface area (Å²) >= 11 is 0. The van der Waals surface area contributed by atoms with E-state index in [4.69, 9.17) is 9.47 Å². The number of aryl methyl sites for hydroxylation is 1. The zero-order valence-electron chi connectivity index (χ0n) is 9.48. The standard InChI is InChI=1S/C12H13NO2.ClH/c1-8-4-9-5-11(14-2)12(15-3)6-10(9)13-7-8;/h4-7H,1-3H3;1H. The van der Waals surface area contributed by atoms with Gasteiger partial charge in [0.05, 0.1) is 19.7 Å². The van der Waals surface area contributed by atoms with Crippen LogP contribution < -0.4 is 9.47 Å². The fraction of sp³-hybridized carbons (Fsp3) is 0.250. The molecule has 0 atom stereocenters. The monoisotopic (exact) mass is 239 g/mol. The molecule has 3 nitrogen and oxygen atoms in total. The molecule has 1 aromatic heterocycles. The summed E-state index contributed by atoms with van der Waals surface area (Å²) in [4.78, 5) is 4.33. The van der Waals surface area contributed by atoms with E-state index >= 15 is 0 Å². The highest BCUT2D eigenvalue weighted by atomic mass is 35.5. The first kappa shape index (κ1) is 12.6. The second-order valence-electron chi connectivity index (χ2n) is 3.41. The van der Waals surface area contributed by atoms with Gasteiger partial charge in [-0.2, -0.15) is 0 Å². The fourth-order valence-corrected chi connectivity index (χ4v) is 1.57. The van der Waals surface area contributed by atoms with Crippen molar-refractivity contribution < 1.29 is 9.47 Å². The van der Waals surface area contributed by atoms with Gasteiger partial charge in [0.25, 0.3) is 0 Å². The number of hydrogen-bond donors (Lipinski definition) is 0. The highest BCUT2D eigenvalue weighted by molar-refractivity contribution is 5.85. The molecule has 0 aliphatic rings. The number of nitrogens with zero attached hydrogens (tertiary/aromatic N) is 1. The summed E-state index contributed by atoms with van der Waals surface area (Å²) < 4.78 is 10.4. The van der Waals surface area contributed by atoms with E-state index in [0.29, 0.717) is 5.75 Å². The van der Waals surface area contributed by atoms with E-state index in [0.717, 1.165) is 22.2 Å². The zero-order valence-corrected chi connectivity index (χ0v) is 10.3. The average Bonchev–Trinajstić information content (AvgIpc) is 2.27. The smallest absolute Gasteiger partial charge is 0.162 e. The predicted octanol–water partition coefficient (Wildman–Crippen LogP) is 2.98. The van der Waals surface area contributed by atoms with Crippen LogP contribution in [0.1, 0.15) is 5.56 Å². The molecule has 1 aromatic carbocycles. The second-order valence-corrected chi connectivity index (χ2v) is 3.41. The Morgan fingerprint density at radius 3 is 2.25 bits per heavy atom. The van der Waals surface area contributed by atoms with Crippen LogP contribution in [0.25, 0.3) is 10.9 Å². The highest BCUT2D eigenvalue weighted by Gasteiger charge is 2.06. The van der Waals surface area contributed by atoms with E-state index in [1.807, 2.05) is 25.3 Å². The van der Waals surface area contributed by atoms with Gasteiger partial charge in [-0.05, 0) is 24.6 Å². The fourth-order valence-electron chi connectivity index (χ4n) is 1.57. The molecule has 0 saturated heterocycles. The summed E-state index contributed by atoms with van der Waals surface area (Å²) in [5.41, 5.74) is 2.05. The summed E-state index contributed by atoms with van der Waals surface area (Å²) in [7, 11) is 3.25. The number of fused-ring (bicyclic) bond motifs is 1. The maximum absolute atomic E-state index is 5.23. The summed E-state index contributed by atoms with van der Waals surface area (Å²) in [6.45, 7) is 2.02. The van der Waals surface area contributed by atoms with E-state index in [-0.39, 0.29) is 12.4 Å². The van der Waals surface area contributed by atoms with Crippen LogP contribution in [0.2, 0.25) is 0 Å². The Balaban J connectivity index is 0.00000128. The van der Waals surface area contributed by atoms with Crippen LogP contribution in [-0.4, -0.2) is 19.2 Å². The molecule has 0 unspecified atom stereocenters. The van der Waals surface area contributed by atoms with Gasteiger partial charge in [0.2, 0.25) is 0 Å². The summed E-state index contributed by atoms with van der Waals surface area (Å²) in [5.74, 6) is 1.44. The van der Waals surface area contributed by atoms with Gasteiger partial charge >= 0.3 is 0 Å². The van der Waals surface area contributed by atoms with E-state index in [2.05, 4.69) is 11.1 Å². The largest absolute Gasteiger partial charge is 0.493 e. The third-order valence-corrected chi connectivity index (χ3v) is 2.32. The van der Waals surface area contributed by atoms with Crippen molar-refractivity contribution in [2.75, 3.05) is 14.2 Å². The topological polar surface area (TPSA) is 31.4 Å². The Labute approximate surface area is 101 Å². The molecule has 86 valence electrons. The quantitative estimate of drug-likeness (QED) is 0.808. The lowest BCUT2D eigenvalue weighted by molar-refractivity contribution is 0.356. The molecule has 4 heteroatoms. The lowest BCUT2D eigenvalue weighted by Crippen LogP contribution is -1.91. The molecule has 0 aliphatic carbocycles. The van der Waals surface area contributed by atoms with Gasteiger partial charge in [0.1, 0.15) is 0 Å². The molecule has 16 heavy (non-hydrogen) atoms. The number of aromatic nitrogens is 1. The first-order valence-electron chi connectivity index (χ1n) is 4.73. The lowest BCUT2D eigenvalue weighted by atomic mass is 10.1. The summed E-state index contributed by atoms with van der Waals surface area (Å²) in [6, 6.07) is 5.89. The van der Waals surface area contributed by atoms with Crippen molar-refractivity contribution in [2.45, 2.75) is 6.92 Å². The highest BCUT2D eigenvalue weighted by Crippen LogP contribution is 2.31. The Morgan fingerprint density at radius 2 is 1.62 bits per heavy atom. The van der Waals surface area contributed by atoms with Crippen LogP contribution >= 0.6 is 12.4 Å². The van der Waals surface area contributed by atoms with Crippen LogP contribution in [0.15, 0.2) is 24.4 Å². The van der Waals surface area contributed by atoms with Gasteiger partial charge in [-0.3, -0.25) is 4.98 Å². The van der Waals surface area contributed by atoms with E-state index in [1.165, 1.54) is 0 Å². The van der Waals surface area contributed by atoms with Gasteiger partial charge in [0.15, 0.2) is 11.5 Å². The minimum Gasteiger partial charge on any atom is -0.493 e. The third-order valence-electron chi connectivity index (χ3n) is 2.32. The SMILES string of the molecule is COc1cc2cc(C)cnc2cc1OC.Cl. The normalized spacial score (nSPS) is 9.69. The number of pyridine rings is 1. The molecule has 2 rings (SSSR count). The zero-order chi connectivity index (χ0) is 10.8. The van der Waals surface area contributed by atoms with Crippen molar-refractivity contribution in [3.8, 4) is 11.5 Å². The molecule has 0 amide bonds. The summed E-state index contributed by atoms with van der Waals surface area (Å²) in [6.07, 6.45) is 1.84. The number of methoxy groups -OCH3 is 2. The van der Waals surface area contributed by atoms with E-state index in [9.17, 15) is 0 Å². The predicted molar refractivity (Wildman–Crippen MR) is 66.8 cm³/mol. The van der Waals surface area contributed by atoms with Crippen molar-refractivity contribution >= 4 is 23.3 Å². The van der Waals surface area contributed by atoms with Crippen molar-refractivity contribution in [1.82, 2.24) is 4.98 Å². The maximum Gasteiger partial charge on any atom is 0.162 e. The average molecular weight is 240 g/mol. The number of benzene rings is 1. The first-order valence-corrected chi connectivity index (χ1v) is 4.73. The van der Waals surface area contributed by atoms with Crippen molar-refractivity contribution in [1.29, 1.82) is 0 Å². The van der Waals surface area contributed by atoms with Crippen molar-refractivity contribution in [2.24, 2.45) is 0 Å². The van der Waals surface area contributed by atoms with Gasteiger partial charge < -0.3 is 9.47 Å². The Morgan fingerprint density at radius 1 is 1.00 bits per heavy atom. The Kier molecular flexibility index (Phi) is 3.96. The lowest BCUT2D eigenvalue weighted by Gasteiger charge is -2.08. The second kappa shape index (κ2) is 5.03. The molecule has 0 spiro atoms. The Bertz CT molecular complexity index is 500. The molecule has 0 bridgehead atoms. The van der Waals surface area contributed by atoms with Crippen LogP contribution in [-0.2, 0) is 0 Å². The molecule has 0 radical (unpaired) electrons. The van der Waals surface area contributed by atoms with Crippen LogP contribution in [0, 0.1) is 6.92 Å². The molecular weight excluding hydrogens is 226 g/mol. The van der Waals surface area contributed by atoms with E-state index < -0.39 is 0 Å². The van der Waals surface area contributed by atoms with Gasteiger partial charge in [-0.1, -0.05) is 0 Å². The van der Waals surface area contributed by atoms with Gasteiger partial charge in [0, 0.05) is 17.6 Å². The van der Waals surface area contributed by atoms with Gasteiger partial charge in [-0.15, -0.1) is 12.4 Å². The first-order chi connectivity index (χ1) is 7.24. The molecule has 0 fully saturated rings. The number of rotatable bonds is 2. The minimum atomic E-state index is 0. The van der Waals surface area contributed by atoms with Crippen LogP contribution in [0.5, 0.6) is 11.5 Å². The van der Waals surface area contributed by atoms with Crippen molar-refractivity contribution in [3.63, 3.8) is 0 Å².